The molecule has 1 aliphatic carbocycles. The van der Waals surface area contributed by atoms with Crippen LogP contribution >= 0.6 is 0 Å². The zero-order valence-electron chi connectivity index (χ0n) is 14.5. The van der Waals surface area contributed by atoms with Gasteiger partial charge in [0.1, 0.15) is 17.3 Å². The summed E-state index contributed by atoms with van der Waals surface area (Å²) in [6.07, 6.45) is -1.70. The third-order valence-corrected chi connectivity index (χ3v) is 6.06. The maximum atomic E-state index is 13.6. The summed E-state index contributed by atoms with van der Waals surface area (Å²) in [6, 6.07) is 5.50. The van der Waals surface area contributed by atoms with E-state index in [-0.39, 0.29) is 23.5 Å². The quantitative estimate of drug-likeness (QED) is 0.737. The molecule has 0 bridgehead atoms. The standard InChI is InChI=1S/C18H16F4O5S/c1-9-4-11(19)7-12(5-9)27-14-2-3-15(28(25,26)18(20,21)22)17-13(24)6-10(8-23)16(14)17/h2-5,7,10,13,23-24H,6,8H2,1H3/t10-,13?/m1/s1. The third kappa shape index (κ3) is 3.47. The Morgan fingerprint density at radius 1 is 1.18 bits per heavy atom. The fraction of sp³-hybridized carbons (Fsp3) is 0.333. The summed E-state index contributed by atoms with van der Waals surface area (Å²) in [4.78, 5) is -1.08. The van der Waals surface area contributed by atoms with Gasteiger partial charge in [0.25, 0.3) is 9.84 Å². The van der Waals surface area contributed by atoms with E-state index in [1.54, 1.807) is 6.92 Å². The van der Waals surface area contributed by atoms with Crippen molar-refractivity contribution in [1.82, 2.24) is 0 Å². The Hall–Kier alpha value is -2.17. The number of rotatable bonds is 4. The SMILES string of the molecule is Cc1cc(F)cc(Oc2ccc(S(=O)(=O)C(F)(F)F)c3c2[C@@H](CO)CC3O)c1. The van der Waals surface area contributed by atoms with Gasteiger partial charge >= 0.3 is 5.51 Å². The van der Waals surface area contributed by atoms with Gasteiger partial charge in [-0.15, -0.1) is 0 Å². The minimum atomic E-state index is -5.73. The molecule has 5 nitrogen and oxygen atoms in total. The first kappa shape index (κ1) is 20.6. The van der Waals surface area contributed by atoms with E-state index in [1.165, 1.54) is 12.1 Å². The summed E-state index contributed by atoms with van der Waals surface area (Å²) in [5.41, 5.74) is -5.52. The predicted octanol–water partition coefficient (Wildman–Crippen LogP) is 3.73. The zero-order chi connectivity index (χ0) is 20.9. The molecule has 0 amide bonds. The first-order valence-electron chi connectivity index (χ1n) is 8.18. The molecule has 0 fully saturated rings. The van der Waals surface area contributed by atoms with E-state index < -0.39 is 50.3 Å². The Morgan fingerprint density at radius 3 is 2.43 bits per heavy atom. The normalized spacial score (nSPS) is 19.5. The fourth-order valence-corrected chi connectivity index (χ4v) is 4.40. The molecule has 1 aliphatic rings. The summed E-state index contributed by atoms with van der Waals surface area (Å²) in [5, 5.41) is 19.8. The molecule has 0 saturated carbocycles. The number of hydrogen-bond donors (Lipinski definition) is 2. The molecule has 0 aliphatic heterocycles. The van der Waals surface area contributed by atoms with Gasteiger partial charge in [0, 0.05) is 23.1 Å². The molecule has 3 rings (SSSR count). The van der Waals surface area contributed by atoms with Crippen LogP contribution in [0.4, 0.5) is 17.6 Å². The Labute approximate surface area is 158 Å². The van der Waals surface area contributed by atoms with Crippen molar-refractivity contribution >= 4 is 9.84 Å². The number of aliphatic hydroxyl groups is 2. The van der Waals surface area contributed by atoms with E-state index in [9.17, 15) is 36.2 Å². The number of aliphatic hydroxyl groups excluding tert-OH is 2. The van der Waals surface area contributed by atoms with Gasteiger partial charge in [0.15, 0.2) is 0 Å². The number of halogens is 4. The second-order valence-electron chi connectivity index (χ2n) is 6.54. The number of aryl methyl sites for hydroxylation is 1. The van der Waals surface area contributed by atoms with E-state index in [4.69, 9.17) is 4.74 Å². The molecule has 28 heavy (non-hydrogen) atoms. The maximum absolute atomic E-state index is 13.6. The highest BCUT2D eigenvalue weighted by Gasteiger charge is 2.50. The average molecular weight is 420 g/mol. The molecular weight excluding hydrogens is 404 g/mol. The van der Waals surface area contributed by atoms with Crippen LogP contribution in [0.2, 0.25) is 0 Å². The predicted molar refractivity (Wildman–Crippen MR) is 90.3 cm³/mol. The van der Waals surface area contributed by atoms with Crippen LogP contribution in [0.25, 0.3) is 0 Å². The van der Waals surface area contributed by atoms with Gasteiger partial charge in [-0.25, -0.2) is 12.8 Å². The van der Waals surface area contributed by atoms with Gasteiger partial charge in [-0.1, -0.05) is 0 Å². The molecule has 0 saturated heterocycles. The maximum Gasteiger partial charge on any atom is 0.501 e. The minimum Gasteiger partial charge on any atom is -0.457 e. The molecule has 2 aromatic carbocycles. The van der Waals surface area contributed by atoms with Crippen molar-refractivity contribution in [3.8, 4) is 11.5 Å². The van der Waals surface area contributed by atoms with Gasteiger partial charge in [-0.2, -0.15) is 13.2 Å². The van der Waals surface area contributed by atoms with Crippen molar-refractivity contribution in [3.05, 3.63) is 52.8 Å². The summed E-state index contributed by atoms with van der Waals surface area (Å²) in [5.74, 6) is -1.44. The van der Waals surface area contributed by atoms with Gasteiger partial charge < -0.3 is 14.9 Å². The van der Waals surface area contributed by atoms with Crippen molar-refractivity contribution in [1.29, 1.82) is 0 Å². The molecule has 152 valence electrons. The molecular formula is C18H16F4O5S. The number of alkyl halides is 3. The van der Waals surface area contributed by atoms with Crippen LogP contribution < -0.4 is 4.74 Å². The number of ether oxygens (including phenoxy) is 1. The Kier molecular flexibility index (Phi) is 5.15. The Morgan fingerprint density at radius 2 is 1.86 bits per heavy atom. The van der Waals surface area contributed by atoms with E-state index >= 15 is 0 Å². The summed E-state index contributed by atoms with van der Waals surface area (Å²) >= 11 is 0. The lowest BCUT2D eigenvalue weighted by molar-refractivity contribution is -0.0437. The fourth-order valence-electron chi connectivity index (χ4n) is 3.37. The molecule has 10 heteroatoms. The first-order valence-corrected chi connectivity index (χ1v) is 9.66. The van der Waals surface area contributed by atoms with Gasteiger partial charge in [0.2, 0.25) is 0 Å². The van der Waals surface area contributed by atoms with Crippen LogP contribution in [0.15, 0.2) is 35.2 Å². The van der Waals surface area contributed by atoms with Gasteiger partial charge in [-0.05, 0) is 43.2 Å². The molecule has 0 radical (unpaired) electrons. The van der Waals surface area contributed by atoms with E-state index in [0.717, 1.165) is 12.1 Å². The summed E-state index contributed by atoms with van der Waals surface area (Å²) < 4.78 is 82.1. The lowest BCUT2D eigenvalue weighted by atomic mass is 10.0. The van der Waals surface area contributed by atoms with Crippen LogP contribution in [-0.4, -0.2) is 30.7 Å². The highest BCUT2D eigenvalue weighted by Crippen LogP contribution is 2.50. The largest absolute Gasteiger partial charge is 0.501 e. The zero-order valence-corrected chi connectivity index (χ0v) is 15.3. The first-order chi connectivity index (χ1) is 13.0. The lowest BCUT2D eigenvalue weighted by Crippen LogP contribution is -2.25. The molecule has 2 atom stereocenters. The number of fused-ring (bicyclic) bond motifs is 1. The van der Waals surface area contributed by atoms with Crippen molar-refractivity contribution < 1.29 is 40.9 Å². The van der Waals surface area contributed by atoms with Crippen LogP contribution in [-0.2, 0) is 9.84 Å². The smallest absolute Gasteiger partial charge is 0.457 e. The molecule has 0 heterocycles. The number of sulfone groups is 1. The van der Waals surface area contributed by atoms with E-state index in [0.29, 0.717) is 11.6 Å². The second kappa shape index (κ2) is 7.02. The second-order valence-corrected chi connectivity index (χ2v) is 8.45. The topological polar surface area (TPSA) is 83.8 Å². The molecule has 1 unspecified atom stereocenters. The third-order valence-electron chi connectivity index (χ3n) is 4.51. The monoisotopic (exact) mass is 420 g/mol. The van der Waals surface area contributed by atoms with Gasteiger partial charge in [-0.3, -0.25) is 0 Å². The van der Waals surface area contributed by atoms with E-state index in [1.807, 2.05) is 0 Å². The van der Waals surface area contributed by atoms with E-state index in [2.05, 4.69) is 0 Å². The highest BCUT2D eigenvalue weighted by atomic mass is 32.2. The summed E-state index contributed by atoms with van der Waals surface area (Å²) in [6.45, 7) is 1.07. The van der Waals surface area contributed by atoms with Gasteiger partial charge in [0.05, 0.1) is 17.6 Å². The Bertz CT molecular complexity index is 997. The van der Waals surface area contributed by atoms with Crippen LogP contribution in [0.5, 0.6) is 11.5 Å². The lowest BCUT2D eigenvalue weighted by Gasteiger charge is -2.18. The minimum absolute atomic E-state index is 0.0396. The highest BCUT2D eigenvalue weighted by molar-refractivity contribution is 7.92. The van der Waals surface area contributed by atoms with Crippen LogP contribution in [0.1, 0.15) is 35.1 Å². The molecule has 0 spiro atoms. The van der Waals surface area contributed by atoms with Crippen LogP contribution in [0.3, 0.4) is 0 Å². The number of hydrogen-bond acceptors (Lipinski definition) is 5. The van der Waals surface area contributed by atoms with Crippen molar-refractivity contribution in [2.24, 2.45) is 0 Å². The average Bonchev–Trinajstić information content (AvgIpc) is 2.90. The number of benzene rings is 2. The molecule has 2 aromatic rings. The molecule has 2 N–H and O–H groups in total. The van der Waals surface area contributed by atoms with Crippen LogP contribution in [0, 0.1) is 12.7 Å². The molecule has 0 aromatic heterocycles. The van der Waals surface area contributed by atoms with Crippen molar-refractivity contribution in [2.75, 3.05) is 6.61 Å². The van der Waals surface area contributed by atoms with Crippen molar-refractivity contribution in [3.63, 3.8) is 0 Å². The Balaban J connectivity index is 2.19. The summed E-state index contributed by atoms with van der Waals surface area (Å²) in [7, 11) is -5.73. The van der Waals surface area contributed by atoms with Crippen molar-refractivity contribution in [2.45, 2.75) is 35.8 Å².